The Morgan fingerprint density at radius 2 is 1.68 bits per heavy atom. The molecule has 1 saturated carbocycles. The Hall–Kier alpha value is -3.66. The molecule has 2 aliphatic rings. The summed E-state index contributed by atoms with van der Waals surface area (Å²) in [6.45, 7) is 2.04. The second-order valence-electron chi connectivity index (χ2n) is 8.44. The van der Waals surface area contributed by atoms with Crippen molar-refractivity contribution in [1.82, 2.24) is 19.7 Å². The molecule has 0 bridgehead atoms. The van der Waals surface area contributed by atoms with E-state index in [1.165, 1.54) is 0 Å². The van der Waals surface area contributed by atoms with Crippen molar-refractivity contribution in [1.29, 1.82) is 5.26 Å². The number of aromatic nitrogens is 3. The van der Waals surface area contributed by atoms with Gasteiger partial charge in [-0.25, -0.2) is 9.89 Å². The highest BCUT2D eigenvalue weighted by Crippen LogP contribution is 2.33. The molecule has 7 heteroatoms. The Morgan fingerprint density at radius 3 is 2.32 bits per heavy atom. The average molecular weight is 413 g/mol. The van der Waals surface area contributed by atoms with Gasteiger partial charge in [0, 0.05) is 31.1 Å². The van der Waals surface area contributed by atoms with Crippen LogP contribution in [0.3, 0.4) is 0 Å². The first-order valence-corrected chi connectivity index (χ1v) is 10.7. The number of nitrogens with zero attached hydrogens (tertiary/aromatic N) is 4. The molecular formula is C24H23N5O2. The largest absolute Gasteiger partial charge is 0.343 e. The van der Waals surface area contributed by atoms with E-state index in [2.05, 4.69) is 16.3 Å². The van der Waals surface area contributed by atoms with Crippen LogP contribution in [0.25, 0.3) is 22.5 Å². The van der Waals surface area contributed by atoms with Gasteiger partial charge in [0.2, 0.25) is 5.91 Å². The third-order valence-electron chi connectivity index (χ3n) is 6.21. The Kier molecular flexibility index (Phi) is 4.91. The monoisotopic (exact) mass is 413 g/mol. The van der Waals surface area contributed by atoms with Gasteiger partial charge < -0.3 is 4.90 Å². The van der Waals surface area contributed by atoms with Crippen LogP contribution in [0.5, 0.6) is 0 Å². The van der Waals surface area contributed by atoms with Gasteiger partial charge in [0.1, 0.15) is 0 Å². The molecule has 1 amide bonds. The molecule has 5 rings (SSSR count). The zero-order chi connectivity index (χ0) is 21.4. The van der Waals surface area contributed by atoms with Gasteiger partial charge in [-0.05, 0) is 48.4 Å². The van der Waals surface area contributed by atoms with E-state index in [4.69, 9.17) is 5.26 Å². The van der Waals surface area contributed by atoms with Crippen molar-refractivity contribution < 1.29 is 4.79 Å². The highest BCUT2D eigenvalue weighted by atomic mass is 16.2. The molecular weight excluding hydrogens is 390 g/mol. The number of nitriles is 1. The molecule has 0 radical (unpaired) electrons. The molecule has 1 N–H and O–H groups in total. The van der Waals surface area contributed by atoms with E-state index >= 15 is 0 Å². The molecule has 2 fully saturated rings. The molecule has 1 aliphatic carbocycles. The summed E-state index contributed by atoms with van der Waals surface area (Å²) >= 11 is 0. The maximum atomic E-state index is 12.4. The number of rotatable bonds is 5. The number of aromatic amines is 1. The van der Waals surface area contributed by atoms with E-state index in [1.807, 2.05) is 41.3 Å². The molecule has 2 heterocycles. The third kappa shape index (κ3) is 3.89. The molecule has 2 aromatic carbocycles. The van der Waals surface area contributed by atoms with Gasteiger partial charge in [-0.1, -0.05) is 36.4 Å². The van der Waals surface area contributed by atoms with Gasteiger partial charge in [-0.3, -0.25) is 9.36 Å². The second kappa shape index (κ2) is 7.88. The first-order chi connectivity index (χ1) is 15.1. The van der Waals surface area contributed by atoms with Gasteiger partial charge in [-0.2, -0.15) is 10.4 Å². The zero-order valence-electron chi connectivity index (χ0n) is 17.1. The topological polar surface area (TPSA) is 94.8 Å². The van der Waals surface area contributed by atoms with Crippen molar-refractivity contribution in [3.63, 3.8) is 0 Å². The van der Waals surface area contributed by atoms with Crippen LogP contribution in [-0.2, 0) is 11.3 Å². The fourth-order valence-corrected chi connectivity index (χ4v) is 4.28. The summed E-state index contributed by atoms with van der Waals surface area (Å²) in [5, 5.41) is 15.8. The van der Waals surface area contributed by atoms with Crippen molar-refractivity contribution in [2.75, 3.05) is 13.1 Å². The summed E-state index contributed by atoms with van der Waals surface area (Å²) in [5.41, 5.74) is 3.32. The lowest BCUT2D eigenvalue weighted by molar-refractivity contribution is -0.131. The normalized spacial score (nSPS) is 18.2. The lowest BCUT2D eigenvalue weighted by Crippen LogP contribution is -2.31. The summed E-state index contributed by atoms with van der Waals surface area (Å²) in [5.74, 6) is 1.39. The number of hydrogen-bond donors (Lipinski definition) is 1. The number of amides is 1. The van der Waals surface area contributed by atoms with Crippen molar-refractivity contribution in [2.45, 2.75) is 25.8 Å². The van der Waals surface area contributed by atoms with E-state index < -0.39 is 0 Å². The first kappa shape index (κ1) is 19.3. The summed E-state index contributed by atoms with van der Waals surface area (Å²) in [6.07, 6.45) is 2.95. The number of carbonyl (C=O) groups excluding carboxylic acids is 1. The van der Waals surface area contributed by atoms with E-state index in [1.54, 1.807) is 16.7 Å². The summed E-state index contributed by atoms with van der Waals surface area (Å²) in [4.78, 5) is 26.7. The van der Waals surface area contributed by atoms with Crippen LogP contribution in [0, 0.1) is 23.2 Å². The Bertz CT molecular complexity index is 1200. The fourth-order valence-electron chi connectivity index (χ4n) is 4.28. The number of H-pyrrole nitrogens is 1. The van der Waals surface area contributed by atoms with Gasteiger partial charge in [-0.15, -0.1) is 0 Å². The highest BCUT2D eigenvalue weighted by Gasteiger charge is 2.36. The van der Waals surface area contributed by atoms with E-state index in [-0.39, 0.29) is 23.4 Å². The standard InChI is InChI=1S/C24H23N5O2/c25-13-16-1-3-18(4-2-16)19-5-7-20(8-6-19)22-26-27-24(31)29(22)15-17-11-12-28(14-17)23(30)21-9-10-21/h1-8,17,21H,9-12,14-15H2,(H,27,31). The molecule has 1 aromatic heterocycles. The van der Waals surface area contributed by atoms with Gasteiger partial charge >= 0.3 is 5.69 Å². The molecule has 1 unspecified atom stereocenters. The van der Waals surface area contributed by atoms with Crippen LogP contribution >= 0.6 is 0 Å². The Labute approximate surface area is 179 Å². The minimum Gasteiger partial charge on any atom is -0.342 e. The zero-order valence-corrected chi connectivity index (χ0v) is 17.1. The maximum Gasteiger partial charge on any atom is 0.343 e. The predicted octanol–water partition coefficient (Wildman–Crippen LogP) is 3.04. The maximum absolute atomic E-state index is 12.4. The number of nitrogens with one attached hydrogen (secondary N) is 1. The molecule has 156 valence electrons. The SMILES string of the molecule is N#Cc1ccc(-c2ccc(-c3n[nH]c(=O)n3CC3CCN(C(=O)C4CC4)C3)cc2)cc1. The average Bonchev–Trinajstić information content (AvgIpc) is 3.46. The van der Waals surface area contributed by atoms with Gasteiger partial charge in [0.15, 0.2) is 5.82 Å². The molecule has 31 heavy (non-hydrogen) atoms. The molecule has 0 spiro atoms. The summed E-state index contributed by atoms with van der Waals surface area (Å²) in [7, 11) is 0. The summed E-state index contributed by atoms with van der Waals surface area (Å²) < 4.78 is 1.69. The van der Waals surface area contributed by atoms with Crippen LogP contribution < -0.4 is 5.69 Å². The van der Waals surface area contributed by atoms with Crippen molar-refractivity contribution in [2.24, 2.45) is 11.8 Å². The first-order valence-electron chi connectivity index (χ1n) is 10.7. The smallest absolute Gasteiger partial charge is 0.342 e. The van der Waals surface area contributed by atoms with Crippen molar-refractivity contribution >= 4 is 5.91 Å². The molecule has 1 aliphatic heterocycles. The molecule has 3 aromatic rings. The van der Waals surface area contributed by atoms with E-state index in [9.17, 15) is 9.59 Å². The van der Waals surface area contributed by atoms with Crippen molar-refractivity contribution in [3.8, 4) is 28.6 Å². The lowest BCUT2D eigenvalue weighted by Gasteiger charge is -2.16. The third-order valence-corrected chi connectivity index (χ3v) is 6.21. The lowest BCUT2D eigenvalue weighted by atomic mass is 10.0. The van der Waals surface area contributed by atoms with Gasteiger partial charge in [0.05, 0.1) is 11.6 Å². The summed E-state index contributed by atoms with van der Waals surface area (Å²) in [6, 6.07) is 17.5. The second-order valence-corrected chi connectivity index (χ2v) is 8.44. The number of benzene rings is 2. The number of likely N-dealkylation sites (tertiary alicyclic amines) is 1. The number of hydrogen-bond acceptors (Lipinski definition) is 4. The predicted molar refractivity (Wildman–Crippen MR) is 116 cm³/mol. The fraction of sp³-hybridized carbons (Fsp3) is 0.333. The van der Waals surface area contributed by atoms with E-state index in [0.717, 1.165) is 42.5 Å². The molecule has 1 saturated heterocycles. The highest BCUT2D eigenvalue weighted by molar-refractivity contribution is 5.81. The van der Waals surface area contributed by atoms with Crippen molar-refractivity contribution in [3.05, 3.63) is 64.6 Å². The Balaban J connectivity index is 1.33. The van der Waals surface area contributed by atoms with Crippen LogP contribution in [0.2, 0.25) is 0 Å². The van der Waals surface area contributed by atoms with Crippen LogP contribution in [-0.4, -0.2) is 38.7 Å². The quantitative estimate of drug-likeness (QED) is 0.696. The molecule has 1 atom stereocenters. The van der Waals surface area contributed by atoms with Crippen LogP contribution in [0.4, 0.5) is 0 Å². The minimum atomic E-state index is -0.224. The molecule has 7 nitrogen and oxygen atoms in total. The number of carbonyl (C=O) groups is 1. The van der Waals surface area contributed by atoms with E-state index in [0.29, 0.717) is 24.5 Å². The van der Waals surface area contributed by atoms with Crippen LogP contribution in [0.15, 0.2) is 53.3 Å². The Morgan fingerprint density at radius 1 is 1.03 bits per heavy atom. The minimum absolute atomic E-state index is 0.224. The van der Waals surface area contributed by atoms with Crippen LogP contribution in [0.1, 0.15) is 24.8 Å². The van der Waals surface area contributed by atoms with Gasteiger partial charge in [0.25, 0.3) is 0 Å².